The van der Waals surface area contributed by atoms with Crippen LogP contribution in [0.3, 0.4) is 0 Å². The summed E-state index contributed by atoms with van der Waals surface area (Å²) in [6.45, 7) is 1.60. The second-order valence-electron chi connectivity index (χ2n) is 13.6. The van der Waals surface area contributed by atoms with Gasteiger partial charge in [-0.05, 0) is 60.0 Å². The predicted octanol–water partition coefficient (Wildman–Crippen LogP) is 2.98. The zero-order chi connectivity index (χ0) is 36.7. The molecule has 0 spiro atoms. The molecule has 3 aromatic carbocycles. The minimum Gasteiger partial charge on any atom is -0.505 e. The van der Waals surface area contributed by atoms with Gasteiger partial charge in [0.2, 0.25) is 5.91 Å². The molecule has 0 radical (unpaired) electrons. The lowest BCUT2D eigenvalue weighted by Gasteiger charge is -2.52. The third-order valence-electron chi connectivity index (χ3n) is 10.6. The molecule has 0 aliphatic heterocycles. The van der Waals surface area contributed by atoms with Crippen LogP contribution in [0.5, 0.6) is 5.75 Å². The Morgan fingerprint density at radius 3 is 2.33 bits per heavy atom. The van der Waals surface area contributed by atoms with E-state index >= 15 is 0 Å². The second-order valence-corrected chi connectivity index (χ2v) is 13.6. The van der Waals surface area contributed by atoms with E-state index in [0.717, 1.165) is 22.2 Å². The van der Waals surface area contributed by atoms with Crippen LogP contribution in [0.4, 0.5) is 21.9 Å². The maximum atomic E-state index is 13.9. The molecule has 7 N–H and O–H groups in total. The summed E-state index contributed by atoms with van der Waals surface area (Å²) in [6, 6.07) is 16.7. The van der Waals surface area contributed by atoms with Crippen molar-refractivity contribution in [1.29, 1.82) is 0 Å². The van der Waals surface area contributed by atoms with Gasteiger partial charge in [0.05, 0.1) is 23.3 Å². The second kappa shape index (κ2) is 11.9. The molecule has 4 aromatic rings. The van der Waals surface area contributed by atoms with E-state index in [1.165, 1.54) is 12.1 Å². The topological polar surface area (TPSA) is 230 Å². The number of carbonyl (C=O) groups is 6. The fourth-order valence-electron chi connectivity index (χ4n) is 7.90. The molecule has 14 heteroatoms. The normalized spacial score (nSPS) is 27.0. The SMILES string of the molecule is C[C@H]1c2ccc(NC(=O)Nc3ccc(-c4cc5ccc(N(C)C)cc5o4)cc3)c(O)c2C(=O)C2C(=O)[C@]3(O)C(=O)C(C(N)=O)C(=O)C[C@@H]3[C@@H](O)[C@@H]21. The number of primary amides is 1. The number of ketones is 4. The number of phenolic OH excluding ortho intramolecular Hbond substituents is 1. The fourth-order valence-corrected chi connectivity index (χ4v) is 7.90. The highest BCUT2D eigenvalue weighted by atomic mass is 16.3. The number of aromatic hydroxyl groups is 1. The summed E-state index contributed by atoms with van der Waals surface area (Å²) >= 11 is 0. The minimum absolute atomic E-state index is 0.172. The summed E-state index contributed by atoms with van der Waals surface area (Å²) in [4.78, 5) is 80.5. The molecule has 2 saturated carbocycles. The Morgan fingerprint density at radius 1 is 0.961 bits per heavy atom. The van der Waals surface area contributed by atoms with Gasteiger partial charge >= 0.3 is 6.03 Å². The molecular weight excluding hydrogens is 660 g/mol. The molecule has 2 unspecified atom stereocenters. The number of hydrogen-bond acceptors (Lipinski definition) is 11. The van der Waals surface area contributed by atoms with E-state index in [4.69, 9.17) is 10.2 Å². The minimum atomic E-state index is -3.03. The first-order chi connectivity index (χ1) is 24.1. The van der Waals surface area contributed by atoms with E-state index in [-0.39, 0.29) is 16.8 Å². The van der Waals surface area contributed by atoms with Crippen LogP contribution in [-0.2, 0) is 19.2 Å². The molecule has 7 rings (SSSR count). The quantitative estimate of drug-likeness (QED) is 0.131. The van der Waals surface area contributed by atoms with Crippen molar-refractivity contribution in [1.82, 2.24) is 0 Å². The largest absolute Gasteiger partial charge is 0.505 e. The number of anilines is 3. The highest BCUT2D eigenvalue weighted by Gasteiger charge is 2.69. The van der Waals surface area contributed by atoms with Crippen molar-refractivity contribution in [2.45, 2.75) is 31.0 Å². The van der Waals surface area contributed by atoms with Gasteiger partial charge in [0, 0.05) is 60.7 Å². The van der Waals surface area contributed by atoms with Crippen LogP contribution >= 0.6 is 0 Å². The summed E-state index contributed by atoms with van der Waals surface area (Å²) in [5.41, 5.74) is 4.85. The van der Waals surface area contributed by atoms with Gasteiger partial charge in [0.1, 0.15) is 17.1 Å². The van der Waals surface area contributed by atoms with E-state index in [1.807, 2.05) is 43.3 Å². The molecule has 3 aliphatic rings. The van der Waals surface area contributed by atoms with Gasteiger partial charge in [0.15, 0.2) is 34.7 Å². The molecule has 14 nitrogen and oxygen atoms in total. The standard InChI is InChI=1S/C37H34N4O10/c1-15-20-10-11-22(40-36(49)39-18-7-4-16(5-8-18)24-12-17-6-9-19(41(2)3)13-25(17)51-24)31(44)27(20)32(45)29-26(15)30(43)21-14-23(42)28(35(38)48)33(46)37(21,50)34(29)47/h4-13,15,21,26,28-30,43-44,50H,14H2,1-3H3,(H2,38,48)(H2,39,40,49)/t15-,21+,26+,28?,29?,30+,37+/m0/s1. The zero-order valence-electron chi connectivity index (χ0n) is 27.7. The molecule has 1 heterocycles. The van der Waals surface area contributed by atoms with Crippen LogP contribution in [-0.4, -0.2) is 76.2 Å². The van der Waals surface area contributed by atoms with Gasteiger partial charge < -0.3 is 41.0 Å². The Bertz CT molecular complexity index is 2190. The van der Waals surface area contributed by atoms with Crippen LogP contribution in [0.15, 0.2) is 65.1 Å². The lowest BCUT2D eigenvalue weighted by atomic mass is 9.50. The van der Waals surface area contributed by atoms with E-state index in [2.05, 4.69) is 10.6 Å². The zero-order valence-corrected chi connectivity index (χ0v) is 27.7. The molecule has 1 aromatic heterocycles. The number of nitrogens with one attached hydrogen (secondary N) is 2. The molecule has 0 saturated heterocycles. The number of hydrogen-bond donors (Lipinski definition) is 6. The number of aliphatic hydroxyl groups excluding tert-OH is 1. The van der Waals surface area contributed by atoms with Gasteiger partial charge in [-0.15, -0.1) is 0 Å². The first-order valence-corrected chi connectivity index (χ1v) is 16.2. The molecule has 7 atom stereocenters. The van der Waals surface area contributed by atoms with Crippen LogP contribution in [0.2, 0.25) is 0 Å². The summed E-state index contributed by atoms with van der Waals surface area (Å²) < 4.78 is 6.04. The third-order valence-corrected chi connectivity index (χ3v) is 10.6. The Kier molecular flexibility index (Phi) is 7.84. The van der Waals surface area contributed by atoms with Gasteiger partial charge in [0.25, 0.3) is 0 Å². The van der Waals surface area contributed by atoms with E-state index < -0.39 is 88.5 Å². The number of phenols is 1. The maximum absolute atomic E-state index is 13.9. The summed E-state index contributed by atoms with van der Waals surface area (Å²) in [5.74, 6) is -13.5. The smallest absolute Gasteiger partial charge is 0.323 e. The molecule has 3 aliphatic carbocycles. The number of Topliss-reactive ketones (excluding diaryl/α,β-unsaturated/α-hetero) is 4. The Balaban J connectivity index is 1.11. The van der Waals surface area contributed by atoms with E-state index in [0.29, 0.717) is 11.4 Å². The van der Waals surface area contributed by atoms with Crippen molar-refractivity contribution in [3.8, 4) is 17.1 Å². The summed E-state index contributed by atoms with van der Waals surface area (Å²) in [7, 11) is 3.88. The number of fused-ring (bicyclic) bond motifs is 4. The van der Waals surface area contributed by atoms with E-state index in [1.54, 1.807) is 31.2 Å². The average molecular weight is 695 g/mol. The number of urea groups is 1. The Morgan fingerprint density at radius 2 is 1.67 bits per heavy atom. The van der Waals surface area contributed by atoms with Crippen LogP contribution in [0.1, 0.15) is 35.2 Å². The molecule has 0 bridgehead atoms. The molecular formula is C37H34N4O10. The van der Waals surface area contributed by atoms with Crippen molar-refractivity contribution >= 4 is 63.1 Å². The highest BCUT2D eigenvalue weighted by molar-refractivity contribution is 6.31. The Hall–Kier alpha value is -5.86. The fraction of sp³-hybridized carbons (Fsp3) is 0.297. The van der Waals surface area contributed by atoms with Crippen LogP contribution < -0.4 is 21.3 Å². The van der Waals surface area contributed by atoms with Crippen molar-refractivity contribution in [3.05, 3.63) is 71.8 Å². The van der Waals surface area contributed by atoms with Crippen molar-refractivity contribution in [2.75, 3.05) is 29.6 Å². The van der Waals surface area contributed by atoms with Crippen LogP contribution in [0, 0.1) is 23.7 Å². The third kappa shape index (κ3) is 5.09. The molecule has 51 heavy (non-hydrogen) atoms. The van der Waals surface area contributed by atoms with Crippen molar-refractivity contribution < 1.29 is 48.5 Å². The number of carbonyl (C=O) groups excluding carboxylic acids is 6. The van der Waals surface area contributed by atoms with Gasteiger partial charge in [-0.2, -0.15) is 0 Å². The van der Waals surface area contributed by atoms with E-state index in [9.17, 15) is 44.1 Å². The lowest BCUT2D eigenvalue weighted by molar-refractivity contribution is -0.189. The number of furan rings is 1. The number of amides is 3. The Labute approximate surface area is 290 Å². The number of rotatable bonds is 5. The summed E-state index contributed by atoms with van der Waals surface area (Å²) in [6.07, 6.45) is -2.35. The highest BCUT2D eigenvalue weighted by Crippen LogP contribution is 2.54. The number of aliphatic hydroxyl groups is 2. The number of benzene rings is 3. The van der Waals surface area contributed by atoms with Gasteiger partial charge in [-0.25, -0.2) is 4.79 Å². The summed E-state index contributed by atoms with van der Waals surface area (Å²) in [5, 5.41) is 40.2. The first kappa shape index (κ1) is 33.6. The number of nitrogens with zero attached hydrogens (tertiary/aromatic N) is 1. The van der Waals surface area contributed by atoms with Gasteiger partial charge in [-0.1, -0.05) is 13.0 Å². The molecule has 2 fully saturated rings. The lowest BCUT2D eigenvalue weighted by Crippen LogP contribution is -2.72. The van der Waals surface area contributed by atoms with Crippen molar-refractivity contribution in [3.63, 3.8) is 0 Å². The van der Waals surface area contributed by atoms with Gasteiger partial charge in [-0.3, -0.25) is 24.0 Å². The molecule has 262 valence electrons. The molecule has 3 amide bonds. The van der Waals surface area contributed by atoms with Crippen LogP contribution in [0.25, 0.3) is 22.3 Å². The predicted molar refractivity (Wildman–Crippen MR) is 183 cm³/mol. The first-order valence-electron chi connectivity index (χ1n) is 16.2. The monoisotopic (exact) mass is 694 g/mol. The average Bonchev–Trinajstić information content (AvgIpc) is 3.51. The maximum Gasteiger partial charge on any atom is 0.323 e. The number of nitrogens with two attached hydrogens (primary N) is 1. The van der Waals surface area contributed by atoms with Crippen molar-refractivity contribution in [2.24, 2.45) is 29.4 Å².